The van der Waals surface area contributed by atoms with Crippen molar-refractivity contribution in [1.82, 2.24) is 9.55 Å². The van der Waals surface area contributed by atoms with Gasteiger partial charge < -0.3 is 4.57 Å². The Bertz CT molecular complexity index is 1130. The Kier molecular flexibility index (Phi) is 5.09. The number of hydrogen-bond donors (Lipinski definition) is 0. The summed E-state index contributed by atoms with van der Waals surface area (Å²) in [6, 6.07) is 17.8. The molecule has 0 fully saturated rings. The molecule has 0 aliphatic carbocycles. The van der Waals surface area contributed by atoms with E-state index in [1.54, 1.807) is 11.3 Å². The molecule has 6 heteroatoms. The van der Waals surface area contributed by atoms with Gasteiger partial charge in [-0.15, -0.1) is 11.3 Å². The molecule has 4 rings (SSSR count). The molecule has 0 aliphatic rings. The van der Waals surface area contributed by atoms with Crippen LogP contribution in [0.3, 0.4) is 0 Å². The third-order valence-electron chi connectivity index (χ3n) is 4.09. The Labute approximate surface area is 165 Å². The van der Waals surface area contributed by atoms with E-state index in [0.29, 0.717) is 16.9 Å². The van der Waals surface area contributed by atoms with Crippen LogP contribution >= 0.6 is 22.7 Å². The van der Waals surface area contributed by atoms with E-state index in [1.165, 1.54) is 11.3 Å². The molecule has 4 aromatic rings. The van der Waals surface area contributed by atoms with Crippen molar-refractivity contribution in [3.8, 4) is 10.6 Å². The first kappa shape index (κ1) is 17.6. The van der Waals surface area contributed by atoms with E-state index in [2.05, 4.69) is 22.1 Å². The van der Waals surface area contributed by atoms with E-state index in [0.717, 1.165) is 21.8 Å². The summed E-state index contributed by atoms with van der Waals surface area (Å²) in [5.74, 6) is -0.250. The van der Waals surface area contributed by atoms with Crippen molar-refractivity contribution in [3.05, 3.63) is 93.2 Å². The van der Waals surface area contributed by atoms with E-state index in [1.807, 2.05) is 70.9 Å². The molecule has 0 saturated carbocycles. The van der Waals surface area contributed by atoms with Gasteiger partial charge >= 0.3 is 0 Å². The second-order valence-electron chi connectivity index (χ2n) is 6.03. The van der Waals surface area contributed by atoms with E-state index in [9.17, 15) is 4.79 Å². The summed E-state index contributed by atoms with van der Waals surface area (Å²) in [7, 11) is 0. The van der Waals surface area contributed by atoms with Crippen molar-refractivity contribution >= 4 is 28.6 Å². The summed E-state index contributed by atoms with van der Waals surface area (Å²) < 4.78 is 1.98. The van der Waals surface area contributed by atoms with Gasteiger partial charge in [0.1, 0.15) is 15.4 Å². The average Bonchev–Trinajstić information content (AvgIpc) is 3.34. The Hall–Kier alpha value is -2.83. The van der Waals surface area contributed by atoms with Crippen LogP contribution in [0.15, 0.2) is 76.5 Å². The third-order valence-corrected chi connectivity index (χ3v) is 5.97. The number of carbonyl (C=O) groups is 1. The Morgan fingerprint density at radius 3 is 2.70 bits per heavy atom. The van der Waals surface area contributed by atoms with Crippen molar-refractivity contribution in [2.24, 2.45) is 4.99 Å². The Balaban J connectivity index is 1.67. The molecule has 0 bridgehead atoms. The van der Waals surface area contributed by atoms with Gasteiger partial charge in [-0.1, -0.05) is 36.4 Å². The fraction of sp³-hybridized carbons (Fsp3) is 0.0952. The van der Waals surface area contributed by atoms with Crippen LogP contribution in [0, 0.1) is 6.92 Å². The van der Waals surface area contributed by atoms with Crippen LogP contribution in [0.2, 0.25) is 0 Å². The number of benzene rings is 1. The standard InChI is InChI=1S/C21H17N3OS2/c1-15-19(27-21(22-15)17-10-12-26-14-17)20(25)23-18-9-5-6-11-24(18)13-16-7-3-2-4-8-16/h2-12,14H,13H2,1H3. The largest absolute Gasteiger partial charge is 0.328 e. The van der Waals surface area contributed by atoms with E-state index in [4.69, 9.17) is 0 Å². The highest BCUT2D eigenvalue weighted by molar-refractivity contribution is 7.17. The summed E-state index contributed by atoms with van der Waals surface area (Å²) in [6.45, 7) is 2.52. The smallest absolute Gasteiger partial charge is 0.290 e. The number of carbonyl (C=O) groups excluding carboxylic acids is 1. The number of aromatic nitrogens is 2. The van der Waals surface area contributed by atoms with Crippen LogP contribution in [0.1, 0.15) is 20.9 Å². The van der Waals surface area contributed by atoms with Gasteiger partial charge in [-0.05, 0) is 36.1 Å². The average molecular weight is 392 g/mol. The maximum Gasteiger partial charge on any atom is 0.290 e. The second-order valence-corrected chi connectivity index (χ2v) is 7.81. The number of thiophene rings is 1. The summed E-state index contributed by atoms with van der Waals surface area (Å²) in [6.07, 6.45) is 1.94. The first-order valence-corrected chi connectivity index (χ1v) is 10.2. The van der Waals surface area contributed by atoms with Crippen molar-refractivity contribution in [1.29, 1.82) is 0 Å². The quantitative estimate of drug-likeness (QED) is 0.503. The molecule has 27 heavy (non-hydrogen) atoms. The van der Waals surface area contributed by atoms with Gasteiger partial charge in [0.25, 0.3) is 5.91 Å². The van der Waals surface area contributed by atoms with Crippen molar-refractivity contribution in [3.63, 3.8) is 0 Å². The molecule has 0 spiro atoms. The lowest BCUT2D eigenvalue weighted by Crippen LogP contribution is -2.22. The molecule has 0 atom stereocenters. The lowest BCUT2D eigenvalue weighted by atomic mass is 10.2. The van der Waals surface area contributed by atoms with E-state index < -0.39 is 0 Å². The Morgan fingerprint density at radius 1 is 1.11 bits per heavy atom. The van der Waals surface area contributed by atoms with E-state index >= 15 is 0 Å². The van der Waals surface area contributed by atoms with Crippen LogP contribution in [0.5, 0.6) is 0 Å². The zero-order valence-electron chi connectivity index (χ0n) is 14.7. The number of hydrogen-bond acceptors (Lipinski definition) is 4. The van der Waals surface area contributed by atoms with Crippen LogP contribution in [-0.4, -0.2) is 15.5 Å². The Morgan fingerprint density at radius 2 is 1.93 bits per heavy atom. The van der Waals surface area contributed by atoms with Gasteiger partial charge in [0.15, 0.2) is 0 Å². The number of thiazole rings is 1. The lowest BCUT2D eigenvalue weighted by molar-refractivity contribution is 0.1000. The zero-order valence-corrected chi connectivity index (χ0v) is 16.3. The number of rotatable bonds is 4. The summed E-state index contributed by atoms with van der Waals surface area (Å²) in [5.41, 5.74) is 3.56. The molecular weight excluding hydrogens is 374 g/mol. The highest BCUT2D eigenvalue weighted by Gasteiger charge is 2.16. The van der Waals surface area contributed by atoms with Crippen molar-refractivity contribution in [2.75, 3.05) is 0 Å². The van der Waals surface area contributed by atoms with Crippen LogP contribution < -0.4 is 5.49 Å². The van der Waals surface area contributed by atoms with Crippen molar-refractivity contribution in [2.45, 2.75) is 13.5 Å². The number of nitrogens with zero attached hydrogens (tertiary/aromatic N) is 3. The van der Waals surface area contributed by atoms with Crippen LogP contribution in [0.4, 0.5) is 0 Å². The minimum atomic E-state index is -0.250. The van der Waals surface area contributed by atoms with Crippen LogP contribution in [-0.2, 0) is 6.54 Å². The highest BCUT2D eigenvalue weighted by Crippen LogP contribution is 2.29. The van der Waals surface area contributed by atoms with Gasteiger partial charge in [-0.3, -0.25) is 4.79 Å². The molecule has 0 N–H and O–H groups in total. The molecule has 0 saturated heterocycles. The summed E-state index contributed by atoms with van der Waals surface area (Å²) >= 11 is 3.02. The maximum atomic E-state index is 12.8. The second kappa shape index (κ2) is 7.82. The van der Waals surface area contributed by atoms with Gasteiger partial charge in [0, 0.05) is 23.7 Å². The maximum absolute atomic E-state index is 12.8. The predicted octanol–water partition coefficient (Wildman–Crippen LogP) is 4.77. The van der Waals surface area contributed by atoms with Gasteiger partial charge in [0.05, 0.1) is 5.69 Å². The molecule has 1 amide bonds. The highest BCUT2D eigenvalue weighted by atomic mass is 32.1. The molecule has 3 heterocycles. The zero-order chi connectivity index (χ0) is 18.6. The van der Waals surface area contributed by atoms with Gasteiger partial charge in [-0.25, -0.2) is 4.98 Å². The first-order valence-electron chi connectivity index (χ1n) is 8.49. The number of aryl methyl sites for hydroxylation is 1. The molecule has 1 aromatic carbocycles. The molecule has 0 unspecified atom stereocenters. The van der Waals surface area contributed by atoms with Gasteiger partial charge in [-0.2, -0.15) is 16.3 Å². The molecule has 4 nitrogen and oxygen atoms in total. The van der Waals surface area contributed by atoms with Crippen molar-refractivity contribution < 1.29 is 4.79 Å². The minimum Gasteiger partial charge on any atom is -0.328 e. The summed E-state index contributed by atoms with van der Waals surface area (Å²) in [5, 5.41) is 4.90. The monoisotopic (exact) mass is 391 g/mol. The first-order chi connectivity index (χ1) is 13.2. The third kappa shape index (κ3) is 3.97. The topological polar surface area (TPSA) is 47.2 Å². The normalized spacial score (nSPS) is 11.7. The lowest BCUT2D eigenvalue weighted by Gasteiger charge is -2.07. The van der Waals surface area contributed by atoms with Gasteiger partial charge in [0.2, 0.25) is 0 Å². The number of amides is 1. The molecule has 0 radical (unpaired) electrons. The molecule has 3 aromatic heterocycles. The predicted molar refractivity (Wildman–Crippen MR) is 110 cm³/mol. The van der Waals surface area contributed by atoms with E-state index in [-0.39, 0.29) is 5.91 Å². The molecule has 0 aliphatic heterocycles. The molecular formula is C21H17N3OS2. The SMILES string of the molecule is Cc1nc(-c2ccsc2)sc1C(=O)N=c1ccccn1Cc1ccccc1. The van der Waals surface area contributed by atoms with Crippen LogP contribution in [0.25, 0.3) is 10.6 Å². The summed E-state index contributed by atoms with van der Waals surface area (Å²) in [4.78, 5) is 22.3. The molecule has 134 valence electrons. The fourth-order valence-corrected chi connectivity index (χ4v) is 4.40. The minimum absolute atomic E-state index is 0.250. The fourth-order valence-electron chi connectivity index (χ4n) is 2.74. The number of pyridine rings is 1.